The van der Waals surface area contributed by atoms with E-state index in [9.17, 15) is 4.79 Å². The van der Waals surface area contributed by atoms with Crippen molar-refractivity contribution in [2.45, 2.75) is 32.9 Å². The molecule has 180 valence electrons. The Morgan fingerprint density at radius 1 is 1.11 bits per heavy atom. The minimum Gasteiger partial charge on any atom is -0.352 e. The normalized spacial score (nSPS) is 14.8. The molecule has 1 N–H and O–H groups in total. The number of hydrogen-bond acceptors (Lipinski definition) is 6. The van der Waals surface area contributed by atoms with Crippen LogP contribution in [0.1, 0.15) is 30.1 Å². The first kappa shape index (κ1) is 23.3. The van der Waals surface area contributed by atoms with Crippen LogP contribution in [0.15, 0.2) is 65.4 Å². The Bertz CT molecular complexity index is 1270. The first-order valence-corrected chi connectivity index (χ1v) is 12.1. The highest BCUT2D eigenvalue weighted by Gasteiger charge is 2.26. The molecular formula is C26H27ClN6O2. The third kappa shape index (κ3) is 5.61. The number of aryl methyl sites for hydroxylation is 1. The molecule has 1 aliphatic rings. The Morgan fingerprint density at radius 3 is 2.54 bits per heavy atom. The van der Waals surface area contributed by atoms with Gasteiger partial charge in [0, 0.05) is 41.1 Å². The van der Waals surface area contributed by atoms with Gasteiger partial charge in [-0.2, -0.15) is 4.98 Å². The molecule has 0 bridgehead atoms. The molecule has 0 spiro atoms. The van der Waals surface area contributed by atoms with Crippen molar-refractivity contribution in [3.63, 3.8) is 0 Å². The molecule has 2 aromatic carbocycles. The van der Waals surface area contributed by atoms with Crippen molar-refractivity contribution < 1.29 is 9.32 Å². The number of aromatic nitrogens is 4. The largest absolute Gasteiger partial charge is 0.352 e. The summed E-state index contributed by atoms with van der Waals surface area (Å²) in [5.41, 5.74) is 3.00. The van der Waals surface area contributed by atoms with E-state index in [-0.39, 0.29) is 11.8 Å². The average molecular weight is 491 g/mol. The molecule has 0 saturated carbocycles. The summed E-state index contributed by atoms with van der Waals surface area (Å²) in [6, 6.07) is 15.5. The van der Waals surface area contributed by atoms with Crippen molar-refractivity contribution >= 4 is 17.5 Å². The van der Waals surface area contributed by atoms with Gasteiger partial charge in [0.1, 0.15) is 5.82 Å². The Morgan fingerprint density at radius 2 is 1.86 bits per heavy atom. The zero-order valence-corrected chi connectivity index (χ0v) is 20.3. The van der Waals surface area contributed by atoms with Gasteiger partial charge in [-0.15, -0.1) is 0 Å². The van der Waals surface area contributed by atoms with Gasteiger partial charge in [-0.3, -0.25) is 9.69 Å². The van der Waals surface area contributed by atoms with Crippen molar-refractivity contribution in [2.24, 2.45) is 5.92 Å². The standard InChI is InChI=1S/C26H27ClN6O2/c1-18-28-12-15-33(18)23-8-2-19(3-9-23)16-29-26(34)21-10-13-32(14-11-21)17-24-30-25(31-35-24)20-4-6-22(27)7-5-20/h2-9,12,15,21H,10-11,13-14,16-17H2,1H3,(H,29,34). The highest BCUT2D eigenvalue weighted by atomic mass is 35.5. The van der Waals surface area contributed by atoms with E-state index in [4.69, 9.17) is 16.1 Å². The number of hydrogen-bond donors (Lipinski definition) is 1. The molecule has 1 fully saturated rings. The number of carbonyl (C=O) groups is 1. The van der Waals surface area contributed by atoms with Crippen LogP contribution in [0, 0.1) is 12.8 Å². The number of carbonyl (C=O) groups excluding carboxylic acids is 1. The minimum absolute atomic E-state index is 0.0198. The second-order valence-electron chi connectivity index (χ2n) is 8.80. The third-order valence-corrected chi connectivity index (χ3v) is 6.65. The Labute approximate surface area is 208 Å². The maximum atomic E-state index is 12.7. The number of piperidine rings is 1. The first-order chi connectivity index (χ1) is 17.0. The van der Waals surface area contributed by atoms with Crippen molar-refractivity contribution in [1.82, 2.24) is 29.9 Å². The lowest BCUT2D eigenvalue weighted by molar-refractivity contribution is -0.126. The molecule has 1 aliphatic heterocycles. The van der Waals surface area contributed by atoms with Crippen LogP contribution in [-0.4, -0.2) is 43.6 Å². The summed E-state index contributed by atoms with van der Waals surface area (Å²) in [6.07, 6.45) is 5.34. The maximum Gasteiger partial charge on any atom is 0.241 e. The van der Waals surface area contributed by atoms with E-state index < -0.39 is 0 Å². The molecule has 9 heteroatoms. The second-order valence-corrected chi connectivity index (χ2v) is 9.23. The van der Waals surface area contributed by atoms with Crippen molar-refractivity contribution in [1.29, 1.82) is 0 Å². The zero-order chi connectivity index (χ0) is 24.2. The highest BCUT2D eigenvalue weighted by Crippen LogP contribution is 2.22. The Kier molecular flexibility index (Phi) is 6.92. The zero-order valence-electron chi connectivity index (χ0n) is 19.5. The van der Waals surface area contributed by atoms with E-state index in [0.29, 0.717) is 29.8 Å². The lowest BCUT2D eigenvalue weighted by Crippen LogP contribution is -2.40. The number of imidazole rings is 1. The molecule has 35 heavy (non-hydrogen) atoms. The number of benzene rings is 2. The first-order valence-electron chi connectivity index (χ1n) is 11.7. The molecule has 4 aromatic rings. The van der Waals surface area contributed by atoms with Crippen LogP contribution in [0.5, 0.6) is 0 Å². The van der Waals surface area contributed by atoms with Gasteiger partial charge < -0.3 is 14.4 Å². The Balaban J connectivity index is 1.08. The number of halogens is 1. The number of rotatable bonds is 7. The Hall–Kier alpha value is -3.49. The minimum atomic E-state index is 0.0198. The van der Waals surface area contributed by atoms with Gasteiger partial charge in [0.2, 0.25) is 17.6 Å². The molecule has 8 nitrogen and oxygen atoms in total. The van der Waals surface area contributed by atoms with Crippen LogP contribution in [0.25, 0.3) is 17.1 Å². The monoisotopic (exact) mass is 490 g/mol. The van der Waals surface area contributed by atoms with Crippen LogP contribution < -0.4 is 5.32 Å². The smallest absolute Gasteiger partial charge is 0.241 e. The van der Waals surface area contributed by atoms with Gasteiger partial charge >= 0.3 is 0 Å². The van der Waals surface area contributed by atoms with E-state index in [1.165, 1.54) is 0 Å². The van der Waals surface area contributed by atoms with Gasteiger partial charge in [-0.05, 0) is 74.8 Å². The fraction of sp³-hybridized carbons (Fsp3) is 0.308. The molecule has 3 heterocycles. The molecule has 1 amide bonds. The summed E-state index contributed by atoms with van der Waals surface area (Å²) in [5, 5.41) is 7.84. The molecular weight excluding hydrogens is 464 g/mol. The van der Waals surface area contributed by atoms with Crippen LogP contribution in [0.4, 0.5) is 0 Å². The molecule has 0 radical (unpaired) electrons. The van der Waals surface area contributed by atoms with Crippen LogP contribution in [0.2, 0.25) is 5.02 Å². The number of amides is 1. The molecule has 0 aliphatic carbocycles. The highest BCUT2D eigenvalue weighted by molar-refractivity contribution is 6.30. The van der Waals surface area contributed by atoms with Crippen molar-refractivity contribution in [3.8, 4) is 17.1 Å². The molecule has 0 unspecified atom stereocenters. The van der Waals surface area contributed by atoms with Crippen LogP contribution in [0.3, 0.4) is 0 Å². The summed E-state index contributed by atoms with van der Waals surface area (Å²) in [5.74, 6) is 2.21. The predicted molar refractivity (Wildman–Crippen MR) is 133 cm³/mol. The predicted octanol–water partition coefficient (Wildman–Crippen LogP) is 4.41. The van der Waals surface area contributed by atoms with E-state index >= 15 is 0 Å². The van der Waals surface area contributed by atoms with Gasteiger partial charge in [-0.1, -0.05) is 28.9 Å². The van der Waals surface area contributed by atoms with E-state index in [2.05, 4.69) is 25.3 Å². The topological polar surface area (TPSA) is 89.1 Å². The number of likely N-dealkylation sites (tertiary alicyclic amines) is 1. The molecule has 2 aromatic heterocycles. The van der Waals surface area contributed by atoms with Gasteiger partial charge in [0.25, 0.3) is 0 Å². The fourth-order valence-corrected chi connectivity index (χ4v) is 4.46. The molecule has 5 rings (SSSR count). The summed E-state index contributed by atoms with van der Waals surface area (Å²) in [6.45, 7) is 4.71. The van der Waals surface area contributed by atoms with Gasteiger partial charge in [-0.25, -0.2) is 4.98 Å². The SMILES string of the molecule is Cc1nccn1-c1ccc(CNC(=O)C2CCN(Cc3nc(-c4ccc(Cl)cc4)no3)CC2)cc1. The second kappa shape index (κ2) is 10.4. The lowest BCUT2D eigenvalue weighted by atomic mass is 9.96. The number of nitrogens with zero attached hydrogens (tertiary/aromatic N) is 5. The number of nitrogens with one attached hydrogen (secondary N) is 1. The summed E-state index contributed by atoms with van der Waals surface area (Å²) < 4.78 is 7.46. The van der Waals surface area contributed by atoms with Crippen LogP contribution in [-0.2, 0) is 17.9 Å². The fourth-order valence-electron chi connectivity index (χ4n) is 4.34. The van der Waals surface area contributed by atoms with E-state index in [0.717, 1.165) is 48.6 Å². The molecule has 1 saturated heterocycles. The average Bonchev–Trinajstić information content (AvgIpc) is 3.53. The van der Waals surface area contributed by atoms with Crippen molar-refractivity contribution in [2.75, 3.05) is 13.1 Å². The van der Waals surface area contributed by atoms with Crippen molar-refractivity contribution in [3.05, 3.63) is 83.2 Å². The molecule has 0 atom stereocenters. The van der Waals surface area contributed by atoms with Gasteiger partial charge in [0.05, 0.1) is 6.54 Å². The van der Waals surface area contributed by atoms with Crippen LogP contribution >= 0.6 is 11.6 Å². The van der Waals surface area contributed by atoms with Gasteiger partial charge in [0.15, 0.2) is 0 Å². The summed E-state index contributed by atoms with van der Waals surface area (Å²) >= 11 is 5.94. The summed E-state index contributed by atoms with van der Waals surface area (Å²) in [7, 11) is 0. The van der Waals surface area contributed by atoms with E-state index in [1.807, 2.05) is 54.1 Å². The lowest BCUT2D eigenvalue weighted by Gasteiger charge is -2.30. The quantitative estimate of drug-likeness (QED) is 0.412. The van der Waals surface area contributed by atoms with E-state index in [1.54, 1.807) is 18.3 Å². The maximum absolute atomic E-state index is 12.7. The summed E-state index contributed by atoms with van der Waals surface area (Å²) in [4.78, 5) is 23.7. The third-order valence-electron chi connectivity index (χ3n) is 6.39.